The Morgan fingerprint density at radius 1 is 1.00 bits per heavy atom. The minimum atomic E-state index is -0.0514. The van der Waals surface area contributed by atoms with Crippen molar-refractivity contribution in [2.24, 2.45) is 0 Å². The number of para-hydroxylation sites is 1. The molecule has 1 saturated heterocycles. The van der Waals surface area contributed by atoms with E-state index in [1.54, 1.807) is 11.3 Å². The highest BCUT2D eigenvalue weighted by molar-refractivity contribution is 7.09. The zero-order valence-corrected chi connectivity index (χ0v) is 23.8. The second-order valence-electron chi connectivity index (χ2n) is 11.1. The van der Waals surface area contributed by atoms with E-state index in [0.717, 1.165) is 36.3 Å². The van der Waals surface area contributed by atoms with Gasteiger partial charge in [0.25, 0.3) is 11.8 Å². The van der Waals surface area contributed by atoms with Crippen LogP contribution in [0.5, 0.6) is 5.75 Å². The van der Waals surface area contributed by atoms with Crippen molar-refractivity contribution < 1.29 is 14.3 Å². The molecule has 1 aliphatic heterocycles. The average molecular weight is 546 g/mol. The number of amides is 2. The van der Waals surface area contributed by atoms with E-state index < -0.39 is 0 Å². The summed E-state index contributed by atoms with van der Waals surface area (Å²) in [6.07, 6.45) is 7.45. The molecule has 0 atom stereocenters. The maximum absolute atomic E-state index is 13.5. The number of piperidine rings is 1. The van der Waals surface area contributed by atoms with E-state index in [1.807, 2.05) is 34.5 Å². The molecule has 2 fully saturated rings. The van der Waals surface area contributed by atoms with Gasteiger partial charge >= 0.3 is 0 Å². The van der Waals surface area contributed by atoms with Gasteiger partial charge in [-0.1, -0.05) is 69.5 Å². The molecule has 0 unspecified atom stereocenters. The van der Waals surface area contributed by atoms with Crippen molar-refractivity contribution in [3.63, 3.8) is 0 Å². The van der Waals surface area contributed by atoms with Crippen LogP contribution in [0.2, 0.25) is 0 Å². The third-order valence-corrected chi connectivity index (χ3v) is 8.99. The van der Waals surface area contributed by atoms with Crippen molar-refractivity contribution in [3.8, 4) is 5.75 Å². The number of hydrogen-bond donors (Lipinski definition) is 1. The van der Waals surface area contributed by atoms with Gasteiger partial charge in [-0.15, -0.1) is 11.3 Å². The molecule has 2 aliphatic rings. The molecule has 1 aliphatic carbocycles. The summed E-state index contributed by atoms with van der Waals surface area (Å²) in [5.41, 5.74) is 3.52. The zero-order chi connectivity index (χ0) is 27.2. The molecule has 206 valence electrons. The molecular formula is C32H39N3O3S. The van der Waals surface area contributed by atoms with Crippen LogP contribution >= 0.6 is 11.3 Å². The molecule has 0 bridgehead atoms. The molecule has 2 heterocycles. The van der Waals surface area contributed by atoms with Gasteiger partial charge in [0.2, 0.25) is 0 Å². The Balaban J connectivity index is 1.15. The average Bonchev–Trinajstić information content (AvgIpc) is 3.47. The summed E-state index contributed by atoms with van der Waals surface area (Å²) < 4.78 is 6.11. The smallest absolute Gasteiger partial charge is 0.270 e. The number of nitrogens with zero attached hydrogens (tertiary/aromatic N) is 2. The lowest BCUT2D eigenvalue weighted by Crippen LogP contribution is -2.38. The summed E-state index contributed by atoms with van der Waals surface area (Å²) >= 11 is 1.57. The summed E-state index contributed by atoms with van der Waals surface area (Å²) in [7, 11) is 0. The molecule has 6 nitrogen and oxygen atoms in total. The molecule has 3 aromatic rings. The summed E-state index contributed by atoms with van der Waals surface area (Å²) in [6.45, 7) is 6.12. The van der Waals surface area contributed by atoms with Crippen LogP contribution in [0.3, 0.4) is 0 Å². The highest BCUT2D eigenvalue weighted by Crippen LogP contribution is 2.32. The molecule has 1 saturated carbocycles. The molecule has 2 amide bonds. The fourth-order valence-electron chi connectivity index (χ4n) is 5.51. The Bertz CT molecular complexity index is 1260. The van der Waals surface area contributed by atoms with Crippen LogP contribution in [0.4, 0.5) is 0 Å². The second kappa shape index (κ2) is 12.8. The van der Waals surface area contributed by atoms with Gasteiger partial charge in [0.15, 0.2) is 0 Å². The lowest BCUT2D eigenvalue weighted by molar-refractivity contribution is 0.0708. The molecule has 1 N–H and O–H groups in total. The van der Waals surface area contributed by atoms with Crippen molar-refractivity contribution in [3.05, 3.63) is 81.3 Å². The van der Waals surface area contributed by atoms with Crippen LogP contribution in [0.1, 0.15) is 108 Å². The van der Waals surface area contributed by atoms with Gasteiger partial charge in [-0.2, -0.15) is 0 Å². The molecular weight excluding hydrogens is 506 g/mol. The van der Waals surface area contributed by atoms with Crippen LogP contribution in [-0.2, 0) is 6.61 Å². The first-order chi connectivity index (χ1) is 19.0. The van der Waals surface area contributed by atoms with E-state index in [9.17, 15) is 9.59 Å². The maximum atomic E-state index is 13.5. The molecule has 0 spiro atoms. The highest BCUT2D eigenvalue weighted by atomic mass is 32.1. The molecule has 2 aromatic carbocycles. The number of likely N-dealkylation sites (tertiary alicyclic amines) is 1. The van der Waals surface area contributed by atoms with Crippen LogP contribution in [0, 0.1) is 0 Å². The monoisotopic (exact) mass is 545 g/mol. The van der Waals surface area contributed by atoms with Crippen LogP contribution in [-0.4, -0.2) is 40.8 Å². The van der Waals surface area contributed by atoms with Crippen molar-refractivity contribution in [1.29, 1.82) is 0 Å². The summed E-state index contributed by atoms with van der Waals surface area (Å²) in [4.78, 5) is 32.8. The van der Waals surface area contributed by atoms with E-state index in [2.05, 4.69) is 43.4 Å². The van der Waals surface area contributed by atoms with Crippen LogP contribution < -0.4 is 10.1 Å². The largest absolute Gasteiger partial charge is 0.488 e. The SMILES string of the molecule is CC(C)c1ccc(COc2ccccc2C(=O)N2CCC(c3nc(C(=O)NC4CCCCC4)cs3)CC2)cc1. The maximum Gasteiger partial charge on any atom is 0.270 e. The van der Waals surface area contributed by atoms with Gasteiger partial charge in [0, 0.05) is 30.4 Å². The number of thiazole rings is 1. The summed E-state index contributed by atoms with van der Waals surface area (Å²) in [6, 6.07) is 16.3. The summed E-state index contributed by atoms with van der Waals surface area (Å²) in [5, 5.41) is 6.05. The first-order valence-corrected chi connectivity index (χ1v) is 15.2. The van der Waals surface area contributed by atoms with Gasteiger partial charge in [0.1, 0.15) is 18.1 Å². The van der Waals surface area contributed by atoms with Crippen molar-refractivity contribution in [2.45, 2.75) is 83.3 Å². The molecule has 5 rings (SSSR count). The Morgan fingerprint density at radius 3 is 2.44 bits per heavy atom. The molecule has 1 aromatic heterocycles. The number of hydrogen-bond acceptors (Lipinski definition) is 5. The highest BCUT2D eigenvalue weighted by Gasteiger charge is 2.28. The fourth-order valence-corrected chi connectivity index (χ4v) is 6.49. The van der Waals surface area contributed by atoms with Crippen molar-refractivity contribution in [1.82, 2.24) is 15.2 Å². The van der Waals surface area contributed by atoms with Gasteiger partial charge < -0.3 is 15.0 Å². The Hall–Kier alpha value is -3.19. The number of nitrogens with one attached hydrogen (secondary N) is 1. The third kappa shape index (κ3) is 6.88. The molecule has 39 heavy (non-hydrogen) atoms. The predicted molar refractivity (Wildman–Crippen MR) is 156 cm³/mol. The van der Waals surface area contributed by atoms with E-state index in [0.29, 0.717) is 42.6 Å². The zero-order valence-electron chi connectivity index (χ0n) is 23.0. The number of carbonyl (C=O) groups excluding carboxylic acids is 2. The Morgan fingerprint density at radius 2 is 1.72 bits per heavy atom. The Labute approximate surface area is 235 Å². The number of rotatable bonds is 8. The minimum absolute atomic E-state index is 0.00546. The first-order valence-electron chi connectivity index (χ1n) is 14.3. The van der Waals surface area contributed by atoms with Gasteiger partial charge in [-0.25, -0.2) is 4.98 Å². The van der Waals surface area contributed by atoms with E-state index in [4.69, 9.17) is 9.72 Å². The van der Waals surface area contributed by atoms with Gasteiger partial charge in [0.05, 0.1) is 10.6 Å². The lowest BCUT2D eigenvalue weighted by atomic mass is 9.95. The quantitative estimate of drug-likeness (QED) is 0.333. The first kappa shape index (κ1) is 27.4. The minimum Gasteiger partial charge on any atom is -0.488 e. The number of benzene rings is 2. The molecule has 0 radical (unpaired) electrons. The molecule has 7 heteroatoms. The Kier molecular flexibility index (Phi) is 8.97. The fraction of sp³-hybridized carbons (Fsp3) is 0.469. The number of ether oxygens (including phenoxy) is 1. The normalized spacial score (nSPS) is 16.8. The van der Waals surface area contributed by atoms with E-state index in [-0.39, 0.29) is 23.8 Å². The van der Waals surface area contributed by atoms with Crippen molar-refractivity contribution >= 4 is 23.2 Å². The van der Waals surface area contributed by atoms with Gasteiger partial charge in [-0.3, -0.25) is 9.59 Å². The lowest BCUT2D eigenvalue weighted by Gasteiger charge is -2.31. The van der Waals surface area contributed by atoms with Gasteiger partial charge in [-0.05, 0) is 54.9 Å². The van der Waals surface area contributed by atoms with E-state index >= 15 is 0 Å². The number of aromatic nitrogens is 1. The topological polar surface area (TPSA) is 71.5 Å². The van der Waals surface area contributed by atoms with E-state index in [1.165, 1.54) is 24.8 Å². The summed E-state index contributed by atoms with van der Waals surface area (Å²) in [5.74, 6) is 1.34. The number of carbonyl (C=O) groups is 2. The van der Waals surface area contributed by atoms with Crippen molar-refractivity contribution in [2.75, 3.05) is 13.1 Å². The van der Waals surface area contributed by atoms with Crippen LogP contribution in [0.25, 0.3) is 0 Å². The predicted octanol–water partition coefficient (Wildman–Crippen LogP) is 6.93. The third-order valence-electron chi connectivity index (χ3n) is 7.98. The van der Waals surface area contributed by atoms with Crippen LogP contribution in [0.15, 0.2) is 53.9 Å². The second-order valence-corrected chi connectivity index (χ2v) is 12.0. The standard InChI is InChI=1S/C32H39N3O3S/c1-22(2)24-14-12-23(13-15-24)20-38-29-11-7-6-10-27(29)32(37)35-18-16-25(17-19-35)31-34-28(21-39-31)30(36)33-26-8-4-3-5-9-26/h6-7,10-15,21-22,25-26H,3-5,8-9,16-20H2,1-2H3,(H,33,36).